The van der Waals surface area contributed by atoms with Crippen LogP contribution in [0.15, 0.2) is 18.3 Å². The molecule has 0 aliphatic heterocycles. The summed E-state index contributed by atoms with van der Waals surface area (Å²) in [6, 6.07) is 1.03. The molecule has 9 heteroatoms. The normalized spacial score (nSPS) is 12.1. The molecule has 0 unspecified atom stereocenters. The van der Waals surface area contributed by atoms with E-state index in [9.17, 15) is 13.2 Å². The van der Waals surface area contributed by atoms with Gasteiger partial charge in [-0.1, -0.05) is 6.07 Å². The van der Waals surface area contributed by atoms with Crippen LogP contribution in [0.25, 0.3) is 0 Å². The van der Waals surface area contributed by atoms with Gasteiger partial charge in [-0.15, -0.1) is 0 Å². The van der Waals surface area contributed by atoms with E-state index in [0.29, 0.717) is 12.1 Å². The molecule has 0 saturated heterocycles. The molecule has 0 atom stereocenters. The van der Waals surface area contributed by atoms with Gasteiger partial charge in [-0.3, -0.25) is 4.98 Å². The van der Waals surface area contributed by atoms with E-state index in [0.717, 1.165) is 6.20 Å². The molecule has 0 aromatic carbocycles. The number of halogens is 3. The first-order valence-electron chi connectivity index (χ1n) is 3.56. The van der Waals surface area contributed by atoms with Crippen molar-refractivity contribution in [3.05, 3.63) is 23.9 Å². The maximum absolute atomic E-state index is 12.1. The van der Waals surface area contributed by atoms with E-state index in [1.807, 2.05) is 0 Å². The molecule has 0 bridgehead atoms. The first-order chi connectivity index (χ1) is 6.21. The van der Waals surface area contributed by atoms with Crippen molar-refractivity contribution in [2.24, 2.45) is 0 Å². The second-order valence-corrected chi connectivity index (χ2v) is 2.70. The third-order valence-corrected chi connectivity index (χ3v) is 1.51. The molecule has 0 fully saturated rings. The molecule has 0 radical (unpaired) electrons. The molecule has 3 N–H and O–H groups in total. The van der Waals surface area contributed by atoms with Gasteiger partial charge in [-0.2, -0.15) is 13.2 Å². The van der Waals surface area contributed by atoms with Crippen LogP contribution in [0.4, 0.5) is 13.2 Å². The van der Waals surface area contributed by atoms with E-state index in [1.54, 1.807) is 0 Å². The zero-order valence-corrected chi connectivity index (χ0v) is 7.73. The summed E-state index contributed by atoms with van der Waals surface area (Å²) in [5.74, 6) is 0. The third kappa shape index (κ3) is 3.85. The van der Waals surface area contributed by atoms with Gasteiger partial charge >= 0.3 is 31.8 Å². The van der Waals surface area contributed by atoms with Crippen LogP contribution in [0.3, 0.4) is 0 Å². The van der Waals surface area contributed by atoms with Gasteiger partial charge in [-0.25, -0.2) is 0 Å². The number of pyridine rings is 1. The summed E-state index contributed by atoms with van der Waals surface area (Å²) in [7, 11) is 0. The number of alkyl halides is 3. The fraction of sp³-hybridized carbons (Fsp3) is 0.167. The van der Waals surface area contributed by atoms with Crippen LogP contribution in [0.2, 0.25) is 0 Å². The fourth-order valence-electron chi connectivity index (χ4n) is 0.836. The zero-order valence-electron chi connectivity index (χ0n) is 7.73. The van der Waals surface area contributed by atoms with E-state index in [1.165, 1.54) is 0 Å². The molecular weight excluding hydrogens is 209 g/mol. The Morgan fingerprint density at radius 2 is 1.73 bits per heavy atom. The third-order valence-electron chi connectivity index (χ3n) is 1.51. The second kappa shape index (κ2) is 4.55. The smallest absolute Gasteiger partial charge is 0.555 e. The maximum atomic E-state index is 12.1. The maximum Gasteiger partial charge on any atom is 1.00 e. The van der Waals surface area contributed by atoms with E-state index in [2.05, 4.69) is 4.98 Å². The summed E-state index contributed by atoms with van der Waals surface area (Å²) in [5, 5.41) is 25.9. The Kier molecular flexibility index (Phi) is 4.39. The second-order valence-electron chi connectivity index (χ2n) is 2.70. The van der Waals surface area contributed by atoms with Gasteiger partial charge < -0.3 is 15.1 Å². The SMILES string of the molecule is O[B-](O)(O)c1cc(C(F)(F)F)ccn1.[Li+]. The van der Waals surface area contributed by atoms with Gasteiger partial charge in [0.05, 0.1) is 5.56 Å². The molecule has 0 aliphatic carbocycles. The first kappa shape index (κ1) is 14.5. The summed E-state index contributed by atoms with van der Waals surface area (Å²) in [4.78, 5) is 3.20. The standard InChI is InChI=1S/C6H6BF3NO3.Li/c8-6(9,10)4-1-2-11-5(3-4)7(12,13)14;/h1-3,12-14H;/q-1;+1. The zero-order chi connectivity index (χ0) is 11.0. The molecule has 0 spiro atoms. The number of aromatic nitrogens is 1. The van der Waals surface area contributed by atoms with Crippen LogP contribution in [-0.4, -0.2) is 26.8 Å². The molecule has 15 heavy (non-hydrogen) atoms. The summed E-state index contributed by atoms with van der Waals surface area (Å²) >= 11 is 0. The molecule has 0 amide bonds. The average molecular weight is 215 g/mol. The number of nitrogens with zero attached hydrogens (tertiary/aromatic N) is 1. The van der Waals surface area contributed by atoms with E-state index >= 15 is 0 Å². The van der Waals surface area contributed by atoms with Crippen LogP contribution < -0.4 is 24.5 Å². The fourth-order valence-corrected chi connectivity index (χ4v) is 0.836. The van der Waals surface area contributed by atoms with Crippen LogP contribution in [0.1, 0.15) is 5.56 Å². The van der Waals surface area contributed by atoms with E-state index < -0.39 is 24.1 Å². The molecule has 1 aromatic heterocycles. The number of hydrogen-bond acceptors (Lipinski definition) is 4. The topological polar surface area (TPSA) is 73.6 Å². The Morgan fingerprint density at radius 1 is 1.20 bits per heavy atom. The van der Waals surface area contributed by atoms with Crippen LogP contribution in [-0.2, 0) is 6.18 Å². The molecule has 1 rings (SSSR count). The van der Waals surface area contributed by atoms with Crippen molar-refractivity contribution >= 4 is 12.3 Å². The molecule has 78 valence electrons. The summed E-state index contributed by atoms with van der Waals surface area (Å²) in [6.07, 6.45) is -3.88. The van der Waals surface area contributed by atoms with Crippen molar-refractivity contribution in [3.8, 4) is 0 Å². The van der Waals surface area contributed by atoms with Gasteiger partial charge in [-0.05, 0) is 11.7 Å². The van der Waals surface area contributed by atoms with Crippen molar-refractivity contribution < 1.29 is 47.1 Å². The van der Waals surface area contributed by atoms with Crippen molar-refractivity contribution in [2.75, 3.05) is 0 Å². The van der Waals surface area contributed by atoms with Crippen molar-refractivity contribution in [1.82, 2.24) is 4.98 Å². The Balaban J connectivity index is 0.00000196. The van der Waals surface area contributed by atoms with Gasteiger partial charge in [0.25, 0.3) is 0 Å². The van der Waals surface area contributed by atoms with Gasteiger partial charge in [0.15, 0.2) is 0 Å². The van der Waals surface area contributed by atoms with Crippen LogP contribution in [0.5, 0.6) is 0 Å². The number of hydrogen-bond donors (Lipinski definition) is 3. The number of rotatable bonds is 1. The van der Waals surface area contributed by atoms with Crippen molar-refractivity contribution in [1.29, 1.82) is 0 Å². The minimum Gasteiger partial charge on any atom is -0.555 e. The monoisotopic (exact) mass is 215 g/mol. The Bertz CT molecular complexity index is 312. The average Bonchev–Trinajstić information content (AvgIpc) is 2.01. The van der Waals surface area contributed by atoms with Crippen molar-refractivity contribution in [2.45, 2.75) is 6.18 Å². The van der Waals surface area contributed by atoms with E-state index in [4.69, 9.17) is 15.1 Å². The van der Waals surface area contributed by atoms with Crippen LogP contribution in [0, 0.1) is 0 Å². The van der Waals surface area contributed by atoms with Crippen molar-refractivity contribution in [3.63, 3.8) is 0 Å². The van der Waals surface area contributed by atoms with E-state index in [-0.39, 0.29) is 18.9 Å². The Labute approximate surface area is 95.0 Å². The Morgan fingerprint density at radius 3 is 2.13 bits per heavy atom. The summed E-state index contributed by atoms with van der Waals surface area (Å²) in [5.41, 5.74) is -1.93. The van der Waals surface area contributed by atoms with Gasteiger partial charge in [0, 0.05) is 6.20 Å². The molecular formula is C6H6BF3LiNO3. The molecule has 0 saturated carbocycles. The van der Waals surface area contributed by atoms with Crippen LogP contribution >= 0.6 is 0 Å². The van der Waals surface area contributed by atoms with Gasteiger partial charge in [0.1, 0.15) is 0 Å². The molecule has 0 aliphatic rings. The minimum absolute atomic E-state index is 0. The predicted molar refractivity (Wildman–Crippen MR) is 41.3 cm³/mol. The van der Waals surface area contributed by atoms with Gasteiger partial charge in [0.2, 0.25) is 0 Å². The molecule has 4 nitrogen and oxygen atoms in total. The first-order valence-corrected chi connectivity index (χ1v) is 3.56. The Hall–Kier alpha value is -0.518. The summed E-state index contributed by atoms with van der Waals surface area (Å²) in [6.45, 7) is -3.99. The quantitative estimate of drug-likeness (QED) is 0.420. The minimum atomic E-state index is -4.61. The summed E-state index contributed by atoms with van der Waals surface area (Å²) < 4.78 is 36.3. The predicted octanol–water partition coefficient (Wildman–Crippen LogP) is -3.77. The molecule has 1 aromatic rings. The molecule has 1 heterocycles. The largest absolute Gasteiger partial charge is 1.00 e.